The van der Waals surface area contributed by atoms with Crippen LogP contribution in [0.2, 0.25) is 0 Å². The summed E-state index contributed by atoms with van der Waals surface area (Å²) in [7, 11) is 1.52. The molecule has 0 fully saturated rings. The van der Waals surface area contributed by atoms with Crippen LogP contribution in [0, 0.1) is 0 Å². The molecule has 0 aliphatic carbocycles. The van der Waals surface area contributed by atoms with Crippen LogP contribution in [-0.2, 0) is 9.53 Å². The molecule has 0 saturated heterocycles. The zero-order valence-electron chi connectivity index (χ0n) is 11.7. The van der Waals surface area contributed by atoms with Gasteiger partial charge >= 0.3 is 0 Å². The molecule has 112 valence electrons. The Kier molecular flexibility index (Phi) is 7.46. The first-order chi connectivity index (χ1) is 9.61. The zero-order valence-corrected chi connectivity index (χ0v) is 11.7. The third-order valence-corrected chi connectivity index (χ3v) is 2.64. The van der Waals surface area contributed by atoms with Crippen molar-refractivity contribution in [3.05, 3.63) is 24.3 Å². The molecule has 4 N–H and O–H groups in total. The van der Waals surface area contributed by atoms with E-state index in [4.69, 9.17) is 15.2 Å². The minimum atomic E-state index is -0.550. The van der Waals surface area contributed by atoms with Crippen molar-refractivity contribution >= 4 is 11.6 Å². The number of nitrogens with two attached hydrogens (primary N) is 1. The van der Waals surface area contributed by atoms with Gasteiger partial charge in [0.2, 0.25) is 5.91 Å². The molecule has 0 saturated carbocycles. The van der Waals surface area contributed by atoms with Crippen LogP contribution in [0.5, 0.6) is 5.75 Å². The van der Waals surface area contributed by atoms with Gasteiger partial charge in [-0.15, -0.1) is 0 Å². The normalized spacial score (nSPS) is 11.9. The molecule has 1 aromatic carbocycles. The van der Waals surface area contributed by atoms with Gasteiger partial charge in [0.05, 0.1) is 25.7 Å². The monoisotopic (exact) mass is 282 g/mol. The van der Waals surface area contributed by atoms with E-state index in [1.807, 2.05) is 0 Å². The van der Waals surface area contributed by atoms with Crippen LogP contribution in [0.3, 0.4) is 0 Å². The van der Waals surface area contributed by atoms with E-state index < -0.39 is 6.10 Å². The molecule has 1 atom stereocenters. The van der Waals surface area contributed by atoms with Crippen molar-refractivity contribution in [3.63, 3.8) is 0 Å². The SMILES string of the molecule is COCC(O)CCNC(=O)CCOc1ccc(N)cc1. The Bertz CT molecular complexity index is 395. The van der Waals surface area contributed by atoms with Gasteiger partial charge < -0.3 is 25.6 Å². The number of hydrogen-bond donors (Lipinski definition) is 3. The molecule has 1 aromatic rings. The molecule has 0 radical (unpaired) electrons. The van der Waals surface area contributed by atoms with Crippen LogP contribution in [-0.4, -0.2) is 44.0 Å². The van der Waals surface area contributed by atoms with Crippen LogP contribution in [0.4, 0.5) is 5.69 Å². The van der Waals surface area contributed by atoms with Crippen LogP contribution < -0.4 is 15.8 Å². The number of carbonyl (C=O) groups is 1. The second kappa shape index (κ2) is 9.17. The summed E-state index contributed by atoms with van der Waals surface area (Å²) in [6.45, 7) is 0.998. The Balaban J connectivity index is 2.09. The molecule has 6 heteroatoms. The number of methoxy groups -OCH3 is 1. The quantitative estimate of drug-likeness (QED) is 0.575. The number of aliphatic hydroxyl groups is 1. The summed E-state index contributed by atoms with van der Waals surface area (Å²) in [5.74, 6) is 0.576. The molecule has 1 rings (SSSR count). The molecule has 1 amide bonds. The van der Waals surface area contributed by atoms with Gasteiger partial charge in [-0.2, -0.15) is 0 Å². The zero-order chi connectivity index (χ0) is 14.8. The molecule has 0 bridgehead atoms. The van der Waals surface area contributed by atoms with E-state index in [9.17, 15) is 9.90 Å². The average Bonchev–Trinajstić information content (AvgIpc) is 2.41. The highest BCUT2D eigenvalue weighted by Gasteiger charge is 2.05. The largest absolute Gasteiger partial charge is 0.493 e. The van der Waals surface area contributed by atoms with E-state index in [2.05, 4.69) is 5.32 Å². The van der Waals surface area contributed by atoms with Crippen molar-refractivity contribution < 1.29 is 19.4 Å². The summed E-state index contributed by atoms with van der Waals surface area (Å²) in [5, 5.41) is 12.1. The third kappa shape index (κ3) is 6.96. The minimum absolute atomic E-state index is 0.106. The summed E-state index contributed by atoms with van der Waals surface area (Å²) in [6, 6.07) is 7.00. The van der Waals surface area contributed by atoms with Gasteiger partial charge in [-0.1, -0.05) is 0 Å². The minimum Gasteiger partial charge on any atom is -0.493 e. The summed E-state index contributed by atoms with van der Waals surface area (Å²) in [6.07, 6.45) is 0.190. The van der Waals surface area contributed by atoms with Gasteiger partial charge in [0.15, 0.2) is 0 Å². The maximum Gasteiger partial charge on any atom is 0.223 e. The fourth-order valence-electron chi connectivity index (χ4n) is 1.57. The number of amides is 1. The highest BCUT2D eigenvalue weighted by Crippen LogP contribution is 2.12. The lowest BCUT2D eigenvalue weighted by atomic mass is 10.2. The highest BCUT2D eigenvalue weighted by molar-refractivity contribution is 5.75. The first-order valence-electron chi connectivity index (χ1n) is 6.54. The molecular weight excluding hydrogens is 260 g/mol. The van der Waals surface area contributed by atoms with Gasteiger partial charge in [-0.25, -0.2) is 0 Å². The molecule has 0 aliphatic rings. The lowest BCUT2D eigenvalue weighted by molar-refractivity contribution is -0.121. The third-order valence-electron chi connectivity index (χ3n) is 2.64. The number of hydrogen-bond acceptors (Lipinski definition) is 5. The number of nitrogens with one attached hydrogen (secondary N) is 1. The molecule has 6 nitrogen and oxygen atoms in total. The van der Waals surface area contributed by atoms with Crippen LogP contribution in [0.15, 0.2) is 24.3 Å². The van der Waals surface area contributed by atoms with Crippen LogP contribution in [0.1, 0.15) is 12.8 Å². The van der Waals surface area contributed by atoms with Gasteiger partial charge in [0, 0.05) is 19.3 Å². The number of nitrogen functional groups attached to an aromatic ring is 1. The molecule has 0 spiro atoms. The fourth-order valence-corrected chi connectivity index (χ4v) is 1.57. The Hall–Kier alpha value is -1.79. The first-order valence-corrected chi connectivity index (χ1v) is 6.54. The average molecular weight is 282 g/mol. The molecular formula is C14H22N2O4. The summed E-state index contributed by atoms with van der Waals surface area (Å²) in [4.78, 5) is 11.5. The number of carbonyl (C=O) groups excluding carboxylic acids is 1. The maximum absolute atomic E-state index is 11.5. The van der Waals surface area contributed by atoms with E-state index >= 15 is 0 Å². The predicted octanol–water partition coefficient (Wildman–Crippen LogP) is 0.551. The van der Waals surface area contributed by atoms with Gasteiger partial charge in [0.25, 0.3) is 0 Å². The van der Waals surface area contributed by atoms with E-state index in [0.29, 0.717) is 31.0 Å². The summed E-state index contributed by atoms with van der Waals surface area (Å²) in [5.41, 5.74) is 6.23. The molecule has 0 heterocycles. The van der Waals surface area contributed by atoms with Crippen molar-refractivity contribution in [1.29, 1.82) is 0 Å². The van der Waals surface area contributed by atoms with Crippen molar-refractivity contribution in [2.75, 3.05) is 32.6 Å². The molecule has 0 aromatic heterocycles. The fraction of sp³-hybridized carbons (Fsp3) is 0.500. The van der Waals surface area contributed by atoms with Crippen molar-refractivity contribution in [2.24, 2.45) is 0 Å². The van der Waals surface area contributed by atoms with Crippen LogP contribution >= 0.6 is 0 Å². The second-order valence-electron chi connectivity index (χ2n) is 4.42. The molecule has 0 aliphatic heterocycles. The van der Waals surface area contributed by atoms with E-state index in [-0.39, 0.29) is 18.9 Å². The number of anilines is 1. The van der Waals surface area contributed by atoms with Gasteiger partial charge in [0.1, 0.15) is 5.75 Å². The first kappa shape index (κ1) is 16.3. The van der Waals surface area contributed by atoms with Crippen molar-refractivity contribution in [2.45, 2.75) is 18.9 Å². The highest BCUT2D eigenvalue weighted by atomic mass is 16.5. The topological polar surface area (TPSA) is 93.8 Å². The Morgan fingerprint density at radius 3 is 2.75 bits per heavy atom. The Morgan fingerprint density at radius 1 is 1.40 bits per heavy atom. The molecule has 1 unspecified atom stereocenters. The lowest BCUT2D eigenvalue weighted by Crippen LogP contribution is -2.29. The number of ether oxygens (including phenoxy) is 2. The second-order valence-corrected chi connectivity index (χ2v) is 4.42. The smallest absolute Gasteiger partial charge is 0.223 e. The van der Waals surface area contributed by atoms with Crippen molar-refractivity contribution in [1.82, 2.24) is 5.32 Å². The van der Waals surface area contributed by atoms with E-state index in [1.54, 1.807) is 24.3 Å². The lowest BCUT2D eigenvalue weighted by Gasteiger charge is -2.10. The van der Waals surface area contributed by atoms with Crippen molar-refractivity contribution in [3.8, 4) is 5.75 Å². The summed E-state index contributed by atoms with van der Waals surface area (Å²) >= 11 is 0. The Morgan fingerprint density at radius 2 is 2.10 bits per heavy atom. The Labute approximate surface area is 118 Å². The maximum atomic E-state index is 11.5. The number of aliphatic hydroxyl groups excluding tert-OH is 1. The number of rotatable bonds is 9. The van der Waals surface area contributed by atoms with Gasteiger partial charge in [-0.05, 0) is 30.7 Å². The summed E-state index contributed by atoms with van der Waals surface area (Å²) < 4.78 is 10.2. The number of benzene rings is 1. The van der Waals surface area contributed by atoms with Crippen LogP contribution in [0.25, 0.3) is 0 Å². The molecule has 20 heavy (non-hydrogen) atoms. The van der Waals surface area contributed by atoms with Gasteiger partial charge in [-0.3, -0.25) is 4.79 Å². The standard InChI is InChI=1S/C14H22N2O4/c1-19-10-12(17)6-8-16-14(18)7-9-20-13-4-2-11(15)3-5-13/h2-5,12,17H,6-10,15H2,1H3,(H,16,18). The van der Waals surface area contributed by atoms with E-state index in [0.717, 1.165) is 0 Å². The van der Waals surface area contributed by atoms with E-state index in [1.165, 1.54) is 7.11 Å². The predicted molar refractivity (Wildman–Crippen MR) is 76.5 cm³/mol.